The Bertz CT molecular complexity index is 390. The number of nitrogens with one attached hydrogen (secondary N) is 2. The molecule has 1 saturated carbocycles. The van der Waals surface area contributed by atoms with Crippen LogP contribution in [0.15, 0.2) is 6.07 Å². The molecule has 0 spiro atoms. The van der Waals surface area contributed by atoms with E-state index in [1.807, 2.05) is 13.1 Å². The Morgan fingerprint density at radius 2 is 2.06 bits per heavy atom. The number of methoxy groups -OCH3 is 1. The minimum absolute atomic E-state index is 0.198. The standard InChI is InChI=1S/C12H20N4O/c1-12(5-4-6-12)16-10-7-9(13-2)14-11(15-10)8-17-3/h7H,4-6,8H2,1-3H3,(H2,13,14,15,16). The van der Waals surface area contributed by atoms with E-state index in [0.717, 1.165) is 11.6 Å². The molecule has 5 heteroatoms. The lowest BCUT2D eigenvalue weighted by Gasteiger charge is -2.39. The topological polar surface area (TPSA) is 59.1 Å². The van der Waals surface area contributed by atoms with Crippen LogP contribution in [0.3, 0.4) is 0 Å². The molecule has 0 radical (unpaired) electrons. The summed E-state index contributed by atoms with van der Waals surface area (Å²) < 4.78 is 5.07. The van der Waals surface area contributed by atoms with Gasteiger partial charge in [-0.15, -0.1) is 0 Å². The molecule has 5 nitrogen and oxygen atoms in total. The second kappa shape index (κ2) is 4.87. The van der Waals surface area contributed by atoms with Gasteiger partial charge in [0.15, 0.2) is 5.82 Å². The third kappa shape index (κ3) is 2.85. The fourth-order valence-corrected chi connectivity index (χ4v) is 2.02. The van der Waals surface area contributed by atoms with Gasteiger partial charge in [0.05, 0.1) is 0 Å². The molecule has 0 unspecified atom stereocenters. The molecule has 1 aliphatic rings. The van der Waals surface area contributed by atoms with Gasteiger partial charge in [0.25, 0.3) is 0 Å². The van der Waals surface area contributed by atoms with Crippen molar-refractivity contribution in [1.82, 2.24) is 9.97 Å². The van der Waals surface area contributed by atoms with Crippen molar-refractivity contribution in [2.45, 2.75) is 38.3 Å². The average molecular weight is 236 g/mol. The van der Waals surface area contributed by atoms with E-state index in [2.05, 4.69) is 27.5 Å². The van der Waals surface area contributed by atoms with E-state index in [-0.39, 0.29) is 5.54 Å². The molecule has 0 amide bonds. The Morgan fingerprint density at radius 1 is 1.35 bits per heavy atom. The predicted molar refractivity (Wildman–Crippen MR) is 68.2 cm³/mol. The van der Waals surface area contributed by atoms with Crippen molar-refractivity contribution in [2.24, 2.45) is 0 Å². The van der Waals surface area contributed by atoms with E-state index in [1.54, 1.807) is 7.11 Å². The lowest BCUT2D eigenvalue weighted by Crippen LogP contribution is -2.42. The molecule has 0 aromatic carbocycles. The van der Waals surface area contributed by atoms with E-state index < -0.39 is 0 Å². The van der Waals surface area contributed by atoms with Crippen molar-refractivity contribution in [3.63, 3.8) is 0 Å². The molecule has 2 rings (SSSR count). The smallest absolute Gasteiger partial charge is 0.158 e. The van der Waals surface area contributed by atoms with Crippen molar-refractivity contribution < 1.29 is 4.74 Å². The van der Waals surface area contributed by atoms with Crippen molar-refractivity contribution in [3.8, 4) is 0 Å². The van der Waals surface area contributed by atoms with Crippen LogP contribution in [-0.4, -0.2) is 29.7 Å². The minimum atomic E-state index is 0.198. The summed E-state index contributed by atoms with van der Waals surface area (Å²) in [7, 11) is 3.50. The molecule has 1 heterocycles. The summed E-state index contributed by atoms with van der Waals surface area (Å²) in [6.07, 6.45) is 3.69. The van der Waals surface area contributed by atoms with Crippen molar-refractivity contribution in [3.05, 3.63) is 11.9 Å². The van der Waals surface area contributed by atoms with Gasteiger partial charge in [-0.25, -0.2) is 9.97 Å². The van der Waals surface area contributed by atoms with Crippen LogP contribution in [0, 0.1) is 0 Å². The van der Waals surface area contributed by atoms with Gasteiger partial charge >= 0.3 is 0 Å². The highest BCUT2D eigenvalue weighted by Crippen LogP contribution is 2.34. The molecule has 94 valence electrons. The summed E-state index contributed by atoms with van der Waals surface area (Å²) in [5.41, 5.74) is 0.198. The Balaban J connectivity index is 2.16. The normalized spacial score (nSPS) is 17.4. The Labute approximate surface area is 102 Å². The largest absolute Gasteiger partial charge is 0.377 e. The highest BCUT2D eigenvalue weighted by Gasteiger charge is 2.31. The molecular weight excluding hydrogens is 216 g/mol. The number of rotatable bonds is 5. The summed E-state index contributed by atoms with van der Waals surface area (Å²) in [6.45, 7) is 2.66. The van der Waals surface area contributed by atoms with Crippen molar-refractivity contribution >= 4 is 11.6 Å². The molecule has 0 atom stereocenters. The molecule has 0 aliphatic heterocycles. The number of ether oxygens (including phenoxy) is 1. The number of nitrogens with zero attached hydrogens (tertiary/aromatic N) is 2. The second-order valence-electron chi connectivity index (χ2n) is 4.78. The van der Waals surface area contributed by atoms with Crippen molar-refractivity contribution in [2.75, 3.05) is 24.8 Å². The van der Waals surface area contributed by atoms with E-state index in [4.69, 9.17) is 4.74 Å². The lowest BCUT2D eigenvalue weighted by atomic mass is 9.78. The molecule has 17 heavy (non-hydrogen) atoms. The highest BCUT2D eigenvalue weighted by molar-refractivity contribution is 5.48. The first-order chi connectivity index (χ1) is 8.15. The lowest BCUT2D eigenvalue weighted by molar-refractivity contribution is 0.178. The van der Waals surface area contributed by atoms with E-state index in [0.29, 0.717) is 12.4 Å². The van der Waals surface area contributed by atoms with Crippen LogP contribution in [0.4, 0.5) is 11.6 Å². The summed E-state index contributed by atoms with van der Waals surface area (Å²) in [5.74, 6) is 2.39. The maximum absolute atomic E-state index is 5.07. The van der Waals surface area contributed by atoms with Gasteiger partial charge < -0.3 is 15.4 Å². The van der Waals surface area contributed by atoms with Crippen LogP contribution >= 0.6 is 0 Å². The van der Waals surface area contributed by atoms with Gasteiger partial charge in [-0.1, -0.05) is 0 Å². The average Bonchev–Trinajstić information content (AvgIpc) is 2.27. The molecule has 1 fully saturated rings. The van der Waals surface area contributed by atoms with Gasteiger partial charge in [-0.3, -0.25) is 0 Å². The van der Waals surface area contributed by atoms with Gasteiger partial charge in [0.2, 0.25) is 0 Å². The van der Waals surface area contributed by atoms with Crippen LogP contribution < -0.4 is 10.6 Å². The van der Waals surface area contributed by atoms with E-state index >= 15 is 0 Å². The zero-order valence-corrected chi connectivity index (χ0v) is 10.7. The van der Waals surface area contributed by atoms with Gasteiger partial charge in [-0.2, -0.15) is 0 Å². The number of hydrogen-bond donors (Lipinski definition) is 2. The van der Waals surface area contributed by atoms with Crippen LogP contribution in [-0.2, 0) is 11.3 Å². The molecule has 1 aromatic rings. The van der Waals surface area contributed by atoms with Crippen molar-refractivity contribution in [1.29, 1.82) is 0 Å². The van der Waals surface area contributed by atoms with E-state index in [1.165, 1.54) is 19.3 Å². The molecule has 0 saturated heterocycles. The Morgan fingerprint density at radius 3 is 2.59 bits per heavy atom. The van der Waals surface area contributed by atoms with Crippen LogP contribution in [0.1, 0.15) is 32.0 Å². The van der Waals surface area contributed by atoms with E-state index in [9.17, 15) is 0 Å². The number of anilines is 2. The summed E-state index contributed by atoms with van der Waals surface area (Å²) in [6, 6.07) is 1.93. The number of aromatic nitrogens is 2. The SMILES string of the molecule is CNc1cc(NC2(C)CCC2)nc(COC)n1. The van der Waals surface area contributed by atoms with Gasteiger partial charge in [-0.05, 0) is 26.2 Å². The molecule has 1 aliphatic carbocycles. The Hall–Kier alpha value is -1.36. The quantitative estimate of drug-likeness (QED) is 0.819. The fourth-order valence-electron chi connectivity index (χ4n) is 2.02. The summed E-state index contributed by atoms with van der Waals surface area (Å²) in [4.78, 5) is 8.78. The summed E-state index contributed by atoms with van der Waals surface area (Å²) in [5, 5.41) is 6.52. The minimum Gasteiger partial charge on any atom is -0.377 e. The maximum Gasteiger partial charge on any atom is 0.158 e. The first-order valence-corrected chi connectivity index (χ1v) is 5.98. The molecule has 1 aromatic heterocycles. The third-order valence-electron chi connectivity index (χ3n) is 3.19. The Kier molecular flexibility index (Phi) is 3.47. The third-order valence-corrected chi connectivity index (χ3v) is 3.19. The fraction of sp³-hybridized carbons (Fsp3) is 0.667. The molecule has 2 N–H and O–H groups in total. The van der Waals surface area contributed by atoms with Crippen LogP contribution in [0.25, 0.3) is 0 Å². The second-order valence-corrected chi connectivity index (χ2v) is 4.78. The maximum atomic E-state index is 5.07. The van der Waals surface area contributed by atoms with Crippen LogP contribution in [0.5, 0.6) is 0 Å². The summed E-state index contributed by atoms with van der Waals surface area (Å²) >= 11 is 0. The molecular formula is C12H20N4O. The highest BCUT2D eigenvalue weighted by atomic mass is 16.5. The van der Waals surface area contributed by atoms with Gasteiger partial charge in [0, 0.05) is 25.8 Å². The molecule has 0 bridgehead atoms. The zero-order chi connectivity index (χ0) is 12.3. The first kappa shape index (κ1) is 12.1. The zero-order valence-electron chi connectivity index (χ0n) is 10.7. The predicted octanol–water partition coefficient (Wildman–Crippen LogP) is 2.02. The first-order valence-electron chi connectivity index (χ1n) is 5.98. The van der Waals surface area contributed by atoms with Gasteiger partial charge in [0.1, 0.15) is 18.2 Å². The number of hydrogen-bond acceptors (Lipinski definition) is 5. The monoisotopic (exact) mass is 236 g/mol. The van der Waals surface area contributed by atoms with Crippen LogP contribution in [0.2, 0.25) is 0 Å².